The van der Waals surface area contributed by atoms with Crippen molar-refractivity contribution in [2.45, 2.75) is 110 Å². The normalized spacial score (nSPS) is 10.6. The molecule has 0 saturated heterocycles. The first kappa shape index (κ1) is 31.1. The van der Waals surface area contributed by atoms with Crippen LogP contribution in [0.15, 0.2) is 0 Å². The number of phosphoric acid groups is 1. The van der Waals surface area contributed by atoms with Crippen molar-refractivity contribution in [2.24, 2.45) is 0 Å². The second-order valence-corrected chi connectivity index (χ2v) is 7.63. The minimum atomic E-state index is -4.64. The lowest BCUT2D eigenvalue weighted by molar-refractivity contribution is -0.137. The van der Waals surface area contributed by atoms with E-state index in [9.17, 15) is 4.79 Å². The lowest BCUT2D eigenvalue weighted by atomic mass is 10.0. The number of hydrogen-bond donors (Lipinski definition) is 4. The van der Waals surface area contributed by atoms with Crippen LogP contribution in [-0.4, -0.2) is 48.8 Å². The molecule has 0 aliphatic carbocycles. The first-order valence-electron chi connectivity index (χ1n) is 9.77. The predicted octanol–water partition coefficient (Wildman–Crippen LogP) is 4.49. The molecule has 0 saturated carbocycles. The van der Waals surface area contributed by atoms with E-state index in [-0.39, 0.29) is 23.1 Å². The Bertz CT molecular complexity index is 327. The standard InChI is InChI=1S/C18H36O2.Mg.H3O4P.2H/c1-2-3-4-5-6-7-8-9-10-11-12-13-14-15-16-17-18(19)20;;1-5(2,3)4;;/h2-17H2,1H3,(H,19,20);;(H3,1,2,3,4);;. The first-order valence-corrected chi connectivity index (χ1v) is 11.3. The lowest BCUT2D eigenvalue weighted by Crippen LogP contribution is -1.93. The van der Waals surface area contributed by atoms with E-state index < -0.39 is 13.8 Å². The summed E-state index contributed by atoms with van der Waals surface area (Å²) in [4.78, 5) is 31.9. The van der Waals surface area contributed by atoms with Gasteiger partial charge in [0.15, 0.2) is 0 Å². The number of carbonyl (C=O) groups is 1. The molecule has 0 heterocycles. The molecule has 0 atom stereocenters. The smallest absolute Gasteiger partial charge is 0.466 e. The number of aliphatic carboxylic acids is 1. The molecular weight excluding hydrogens is 367 g/mol. The molecule has 156 valence electrons. The van der Waals surface area contributed by atoms with Crippen molar-refractivity contribution in [1.82, 2.24) is 0 Å². The van der Waals surface area contributed by atoms with Crippen LogP contribution in [0, 0.1) is 0 Å². The lowest BCUT2D eigenvalue weighted by Gasteiger charge is -2.03. The summed E-state index contributed by atoms with van der Waals surface area (Å²) in [5.74, 6) is -0.653. The molecule has 0 aliphatic rings. The predicted molar refractivity (Wildman–Crippen MR) is 110 cm³/mol. The van der Waals surface area contributed by atoms with E-state index in [0.29, 0.717) is 6.42 Å². The zero-order chi connectivity index (χ0) is 19.4. The van der Waals surface area contributed by atoms with Gasteiger partial charge < -0.3 is 19.8 Å². The minimum Gasteiger partial charge on any atom is -0.481 e. The molecule has 0 unspecified atom stereocenters. The average Bonchev–Trinajstić information content (AvgIpc) is 2.49. The molecular formula is C18H41MgO6P. The number of hydrogen-bond acceptors (Lipinski definition) is 2. The van der Waals surface area contributed by atoms with Gasteiger partial charge in [-0.15, -0.1) is 0 Å². The monoisotopic (exact) mass is 408 g/mol. The second kappa shape index (κ2) is 23.4. The van der Waals surface area contributed by atoms with Gasteiger partial charge >= 0.3 is 36.8 Å². The van der Waals surface area contributed by atoms with E-state index in [1.165, 1.54) is 83.5 Å². The summed E-state index contributed by atoms with van der Waals surface area (Å²) in [6, 6.07) is 0. The topological polar surface area (TPSA) is 115 Å². The van der Waals surface area contributed by atoms with Crippen molar-refractivity contribution >= 4 is 36.8 Å². The summed E-state index contributed by atoms with van der Waals surface area (Å²) in [6.45, 7) is 2.27. The van der Waals surface area contributed by atoms with Gasteiger partial charge in [0, 0.05) is 6.42 Å². The van der Waals surface area contributed by atoms with Crippen LogP contribution in [0.5, 0.6) is 0 Å². The Morgan fingerprint density at radius 1 is 0.654 bits per heavy atom. The molecule has 0 aromatic heterocycles. The summed E-state index contributed by atoms with van der Waals surface area (Å²) in [5.41, 5.74) is 0. The third-order valence-corrected chi connectivity index (χ3v) is 3.99. The van der Waals surface area contributed by atoms with Crippen LogP contribution in [0.2, 0.25) is 0 Å². The number of rotatable bonds is 16. The van der Waals surface area contributed by atoms with E-state index in [1.807, 2.05) is 0 Å². The zero-order valence-electron chi connectivity index (χ0n) is 15.9. The Kier molecular flexibility index (Phi) is 27.9. The van der Waals surface area contributed by atoms with Gasteiger partial charge in [-0.1, -0.05) is 96.8 Å². The van der Waals surface area contributed by atoms with Crippen LogP contribution >= 0.6 is 7.82 Å². The summed E-state index contributed by atoms with van der Waals surface area (Å²) in [6.07, 6.45) is 20.2. The van der Waals surface area contributed by atoms with Crippen molar-refractivity contribution in [3.05, 3.63) is 0 Å². The Morgan fingerprint density at radius 3 is 1.12 bits per heavy atom. The van der Waals surface area contributed by atoms with E-state index in [2.05, 4.69) is 6.92 Å². The van der Waals surface area contributed by atoms with E-state index in [1.54, 1.807) is 0 Å². The highest BCUT2D eigenvalue weighted by atomic mass is 31.2. The molecule has 0 fully saturated rings. The fraction of sp³-hybridized carbons (Fsp3) is 0.944. The highest BCUT2D eigenvalue weighted by molar-refractivity contribution is 7.45. The fourth-order valence-electron chi connectivity index (χ4n) is 2.65. The van der Waals surface area contributed by atoms with Crippen LogP contribution in [0.25, 0.3) is 0 Å². The Hall–Kier alpha value is 0.346. The van der Waals surface area contributed by atoms with E-state index >= 15 is 0 Å². The number of unbranched alkanes of at least 4 members (excludes halogenated alkanes) is 14. The van der Waals surface area contributed by atoms with Gasteiger partial charge in [-0.2, -0.15) is 0 Å². The van der Waals surface area contributed by atoms with Gasteiger partial charge in [-0.3, -0.25) is 4.79 Å². The van der Waals surface area contributed by atoms with Crippen molar-refractivity contribution in [1.29, 1.82) is 0 Å². The minimum absolute atomic E-state index is 0. The molecule has 0 aromatic rings. The molecule has 26 heavy (non-hydrogen) atoms. The Balaban J connectivity index is -0.000000772. The maximum absolute atomic E-state index is 10.3. The van der Waals surface area contributed by atoms with Crippen LogP contribution in [0.1, 0.15) is 110 Å². The number of carboxylic acids is 1. The molecule has 8 heteroatoms. The molecule has 0 radical (unpaired) electrons. The van der Waals surface area contributed by atoms with Gasteiger partial charge in [-0.25, -0.2) is 4.57 Å². The first-order chi connectivity index (χ1) is 11.8. The zero-order valence-corrected chi connectivity index (χ0v) is 16.8. The van der Waals surface area contributed by atoms with Gasteiger partial charge in [0.25, 0.3) is 0 Å². The van der Waals surface area contributed by atoms with Crippen LogP contribution < -0.4 is 0 Å². The van der Waals surface area contributed by atoms with Gasteiger partial charge in [-0.05, 0) is 6.42 Å². The SMILES string of the molecule is CCCCCCCCCCCCCCCCCC(=O)O.O=P(O)(O)O.[MgH2]. The summed E-state index contributed by atoms with van der Waals surface area (Å²) in [7, 11) is -4.64. The van der Waals surface area contributed by atoms with Crippen LogP contribution in [0.4, 0.5) is 0 Å². The molecule has 0 amide bonds. The Morgan fingerprint density at radius 2 is 0.885 bits per heavy atom. The molecule has 0 bridgehead atoms. The summed E-state index contributed by atoms with van der Waals surface area (Å²) < 4.78 is 8.88. The summed E-state index contributed by atoms with van der Waals surface area (Å²) >= 11 is 0. The van der Waals surface area contributed by atoms with Crippen molar-refractivity contribution in [3.8, 4) is 0 Å². The quantitative estimate of drug-likeness (QED) is 0.170. The van der Waals surface area contributed by atoms with Crippen molar-refractivity contribution < 1.29 is 29.1 Å². The van der Waals surface area contributed by atoms with E-state index in [4.69, 9.17) is 24.4 Å². The maximum Gasteiger partial charge on any atom is 0.466 e. The second-order valence-electron chi connectivity index (χ2n) is 6.61. The molecule has 0 aliphatic heterocycles. The third-order valence-electron chi connectivity index (χ3n) is 3.99. The fourth-order valence-corrected chi connectivity index (χ4v) is 2.65. The number of carboxylic acid groups (broad SMARTS) is 1. The third kappa shape index (κ3) is 44.1. The molecule has 6 nitrogen and oxygen atoms in total. The average molecular weight is 409 g/mol. The highest BCUT2D eigenvalue weighted by Crippen LogP contribution is 2.25. The van der Waals surface area contributed by atoms with Gasteiger partial charge in [0.2, 0.25) is 0 Å². The van der Waals surface area contributed by atoms with Gasteiger partial charge in [0.05, 0.1) is 0 Å². The highest BCUT2D eigenvalue weighted by Gasteiger charge is 2.00. The van der Waals surface area contributed by atoms with E-state index in [0.717, 1.165) is 12.8 Å². The molecule has 4 N–H and O–H groups in total. The van der Waals surface area contributed by atoms with Crippen LogP contribution in [-0.2, 0) is 9.36 Å². The van der Waals surface area contributed by atoms with Crippen molar-refractivity contribution in [2.75, 3.05) is 0 Å². The molecule has 0 rings (SSSR count). The Labute approximate surface area is 175 Å². The van der Waals surface area contributed by atoms with Crippen LogP contribution in [0.3, 0.4) is 0 Å². The molecule has 0 spiro atoms. The maximum atomic E-state index is 10.3. The van der Waals surface area contributed by atoms with Crippen molar-refractivity contribution in [3.63, 3.8) is 0 Å². The molecule has 0 aromatic carbocycles. The van der Waals surface area contributed by atoms with Gasteiger partial charge in [0.1, 0.15) is 0 Å². The largest absolute Gasteiger partial charge is 0.481 e. The summed E-state index contributed by atoms with van der Waals surface area (Å²) in [5, 5.41) is 8.52.